The first kappa shape index (κ1) is 17.3. The number of ether oxygens (including phenoxy) is 1. The Morgan fingerprint density at radius 3 is 2.73 bits per heavy atom. The Morgan fingerprint density at radius 1 is 1.08 bits per heavy atom. The van der Waals surface area contributed by atoms with Crippen LogP contribution in [0.1, 0.15) is 53.2 Å². The van der Waals surface area contributed by atoms with Gasteiger partial charge in [0.05, 0.1) is 7.11 Å². The largest absolute Gasteiger partial charge is 0.497 e. The van der Waals surface area contributed by atoms with E-state index in [0.29, 0.717) is 11.8 Å². The summed E-state index contributed by atoms with van der Waals surface area (Å²) < 4.78 is 5.31. The van der Waals surface area contributed by atoms with Crippen LogP contribution in [0.3, 0.4) is 0 Å². The molecule has 3 heteroatoms. The molecule has 0 radical (unpaired) electrons. The summed E-state index contributed by atoms with van der Waals surface area (Å²) in [5.41, 5.74) is 3.43. The number of likely N-dealkylation sites (tertiary alicyclic amines) is 1. The molecule has 1 saturated heterocycles. The van der Waals surface area contributed by atoms with Gasteiger partial charge in [-0.15, -0.1) is 0 Å². The third-order valence-electron chi connectivity index (χ3n) is 5.96. The van der Waals surface area contributed by atoms with Crippen LogP contribution < -0.4 is 4.74 Å². The maximum absolute atomic E-state index is 13.1. The Hall–Kier alpha value is -2.13. The minimum Gasteiger partial charge on any atom is -0.497 e. The highest BCUT2D eigenvalue weighted by atomic mass is 16.5. The van der Waals surface area contributed by atoms with Crippen LogP contribution in [0.25, 0.3) is 0 Å². The molecule has 2 aliphatic rings. The normalized spacial score (nSPS) is 23.5. The Bertz CT molecular complexity index is 771. The van der Waals surface area contributed by atoms with Gasteiger partial charge in [0.1, 0.15) is 5.75 Å². The van der Waals surface area contributed by atoms with Crippen LogP contribution in [0.2, 0.25) is 0 Å². The minimum atomic E-state index is 0.111. The summed E-state index contributed by atoms with van der Waals surface area (Å²) in [7, 11) is 1.68. The number of rotatable bonds is 4. The Morgan fingerprint density at radius 2 is 1.92 bits per heavy atom. The van der Waals surface area contributed by atoms with Gasteiger partial charge in [-0.05, 0) is 61.6 Å². The molecule has 4 rings (SSSR count). The van der Waals surface area contributed by atoms with Crippen molar-refractivity contribution in [1.82, 2.24) is 4.90 Å². The topological polar surface area (TPSA) is 29.5 Å². The fraction of sp³-hybridized carbons (Fsp3) is 0.435. The standard InChI is InChI=1S/C23H27NO2/c1-26-20-12-13-21-18(15-20)10-11-19(23(21)25)16-24-14-6-5-9-22(24)17-7-3-2-4-8-17/h2-4,7-8,12-13,15,19,22H,5-6,9-11,14,16H2,1H3. The van der Waals surface area contributed by atoms with Crippen molar-refractivity contribution in [2.75, 3.05) is 20.2 Å². The van der Waals surface area contributed by atoms with E-state index in [1.807, 2.05) is 18.2 Å². The van der Waals surface area contributed by atoms with E-state index in [1.165, 1.54) is 24.8 Å². The molecule has 1 heterocycles. The van der Waals surface area contributed by atoms with Crippen molar-refractivity contribution in [3.63, 3.8) is 0 Å². The second-order valence-electron chi connectivity index (χ2n) is 7.54. The molecule has 2 aromatic carbocycles. The van der Waals surface area contributed by atoms with Gasteiger partial charge in [-0.2, -0.15) is 0 Å². The lowest BCUT2D eigenvalue weighted by Gasteiger charge is -2.38. The Kier molecular flexibility index (Phi) is 5.07. The third-order valence-corrected chi connectivity index (χ3v) is 5.96. The summed E-state index contributed by atoms with van der Waals surface area (Å²) in [6.07, 6.45) is 5.61. The van der Waals surface area contributed by atoms with Crippen molar-refractivity contribution >= 4 is 5.78 Å². The number of Topliss-reactive ketones (excluding diaryl/α,β-unsaturated/α-hetero) is 1. The van der Waals surface area contributed by atoms with E-state index in [4.69, 9.17) is 4.74 Å². The molecule has 0 N–H and O–H groups in total. The molecule has 1 fully saturated rings. The zero-order chi connectivity index (χ0) is 17.9. The summed E-state index contributed by atoms with van der Waals surface area (Å²) in [5, 5.41) is 0. The van der Waals surface area contributed by atoms with Crippen molar-refractivity contribution in [2.24, 2.45) is 5.92 Å². The van der Waals surface area contributed by atoms with Gasteiger partial charge in [0.15, 0.2) is 5.78 Å². The molecular weight excluding hydrogens is 322 g/mol. The molecule has 0 bridgehead atoms. The lowest BCUT2D eigenvalue weighted by molar-refractivity contribution is 0.0776. The van der Waals surface area contributed by atoms with Gasteiger partial charge >= 0.3 is 0 Å². The summed E-state index contributed by atoms with van der Waals surface area (Å²) in [4.78, 5) is 15.6. The lowest BCUT2D eigenvalue weighted by Crippen LogP contribution is -2.40. The van der Waals surface area contributed by atoms with Gasteiger partial charge in [-0.3, -0.25) is 9.69 Å². The molecule has 2 unspecified atom stereocenters. The third kappa shape index (κ3) is 3.41. The molecule has 0 aromatic heterocycles. The van der Waals surface area contributed by atoms with E-state index >= 15 is 0 Å². The second kappa shape index (κ2) is 7.63. The van der Waals surface area contributed by atoms with Crippen LogP contribution in [0, 0.1) is 5.92 Å². The molecule has 0 saturated carbocycles. The van der Waals surface area contributed by atoms with Crippen molar-refractivity contribution < 1.29 is 9.53 Å². The summed E-state index contributed by atoms with van der Waals surface area (Å²) in [5.74, 6) is 1.27. The van der Waals surface area contributed by atoms with E-state index in [-0.39, 0.29) is 5.92 Å². The molecule has 26 heavy (non-hydrogen) atoms. The van der Waals surface area contributed by atoms with E-state index in [2.05, 4.69) is 35.2 Å². The molecule has 136 valence electrons. The van der Waals surface area contributed by atoms with E-state index in [0.717, 1.165) is 42.8 Å². The van der Waals surface area contributed by atoms with Crippen molar-refractivity contribution in [2.45, 2.75) is 38.1 Å². The Labute approximate surface area is 156 Å². The number of piperidine rings is 1. The summed E-state index contributed by atoms with van der Waals surface area (Å²) in [6, 6.07) is 17.1. The van der Waals surface area contributed by atoms with Gasteiger partial charge < -0.3 is 4.74 Å². The number of carbonyl (C=O) groups is 1. The number of ketones is 1. The van der Waals surface area contributed by atoms with E-state index in [9.17, 15) is 4.79 Å². The van der Waals surface area contributed by atoms with Crippen LogP contribution in [0.5, 0.6) is 5.75 Å². The highest BCUT2D eigenvalue weighted by molar-refractivity contribution is 6.00. The number of hydrogen-bond donors (Lipinski definition) is 0. The van der Waals surface area contributed by atoms with Crippen LogP contribution in [0.15, 0.2) is 48.5 Å². The van der Waals surface area contributed by atoms with Crippen LogP contribution >= 0.6 is 0 Å². The molecule has 2 aromatic rings. The summed E-state index contributed by atoms with van der Waals surface area (Å²) >= 11 is 0. The SMILES string of the molecule is COc1ccc2c(c1)CCC(CN1CCCCC1c1ccccc1)C2=O. The highest BCUT2D eigenvalue weighted by Crippen LogP contribution is 2.34. The molecular formula is C23H27NO2. The van der Waals surface area contributed by atoms with Crippen LogP contribution in [-0.4, -0.2) is 30.9 Å². The van der Waals surface area contributed by atoms with Gasteiger partial charge in [-0.25, -0.2) is 0 Å². The Balaban J connectivity index is 1.51. The predicted molar refractivity (Wildman–Crippen MR) is 104 cm³/mol. The van der Waals surface area contributed by atoms with Crippen LogP contribution in [-0.2, 0) is 6.42 Å². The number of carbonyl (C=O) groups excluding carboxylic acids is 1. The fourth-order valence-corrected chi connectivity index (χ4v) is 4.54. The van der Waals surface area contributed by atoms with Gasteiger partial charge in [0.25, 0.3) is 0 Å². The fourth-order valence-electron chi connectivity index (χ4n) is 4.54. The smallest absolute Gasteiger partial charge is 0.167 e. The minimum absolute atomic E-state index is 0.111. The molecule has 1 aliphatic carbocycles. The second-order valence-corrected chi connectivity index (χ2v) is 7.54. The first-order chi connectivity index (χ1) is 12.8. The zero-order valence-electron chi connectivity index (χ0n) is 15.5. The molecule has 0 amide bonds. The van der Waals surface area contributed by atoms with Crippen LogP contribution in [0.4, 0.5) is 0 Å². The predicted octanol–water partition coefficient (Wildman–Crippen LogP) is 4.67. The number of nitrogens with zero attached hydrogens (tertiary/aromatic N) is 1. The van der Waals surface area contributed by atoms with Crippen molar-refractivity contribution in [3.05, 3.63) is 65.2 Å². The first-order valence-corrected chi connectivity index (χ1v) is 9.76. The zero-order valence-corrected chi connectivity index (χ0v) is 15.5. The van der Waals surface area contributed by atoms with E-state index < -0.39 is 0 Å². The number of methoxy groups -OCH3 is 1. The number of hydrogen-bond acceptors (Lipinski definition) is 3. The first-order valence-electron chi connectivity index (χ1n) is 9.76. The number of benzene rings is 2. The van der Waals surface area contributed by atoms with Crippen molar-refractivity contribution in [3.8, 4) is 5.75 Å². The number of fused-ring (bicyclic) bond motifs is 1. The highest BCUT2D eigenvalue weighted by Gasteiger charge is 2.32. The van der Waals surface area contributed by atoms with Gasteiger partial charge in [0, 0.05) is 24.1 Å². The van der Waals surface area contributed by atoms with E-state index in [1.54, 1.807) is 7.11 Å². The molecule has 1 aliphatic heterocycles. The summed E-state index contributed by atoms with van der Waals surface area (Å²) in [6.45, 7) is 1.97. The maximum atomic E-state index is 13.1. The molecule has 3 nitrogen and oxygen atoms in total. The lowest BCUT2D eigenvalue weighted by atomic mass is 9.81. The molecule has 2 atom stereocenters. The maximum Gasteiger partial charge on any atom is 0.167 e. The van der Waals surface area contributed by atoms with Gasteiger partial charge in [-0.1, -0.05) is 36.8 Å². The number of aryl methyl sites for hydroxylation is 1. The average molecular weight is 349 g/mol. The van der Waals surface area contributed by atoms with Crippen molar-refractivity contribution in [1.29, 1.82) is 0 Å². The average Bonchev–Trinajstić information content (AvgIpc) is 2.71. The van der Waals surface area contributed by atoms with Gasteiger partial charge in [0.2, 0.25) is 0 Å². The quantitative estimate of drug-likeness (QED) is 0.803. The molecule has 0 spiro atoms. The monoisotopic (exact) mass is 349 g/mol.